The summed E-state index contributed by atoms with van der Waals surface area (Å²) < 4.78 is 31.7. The van der Waals surface area contributed by atoms with Crippen LogP contribution in [0.2, 0.25) is 0 Å². The fourth-order valence-electron chi connectivity index (χ4n) is 1.52. The Hall–Kier alpha value is -1.51. The Bertz CT molecular complexity index is 562. The van der Waals surface area contributed by atoms with Crippen molar-refractivity contribution in [3.8, 4) is 0 Å². The minimum Gasteiger partial charge on any atom is -0.477 e. The zero-order valence-corrected chi connectivity index (χ0v) is 14.4. The van der Waals surface area contributed by atoms with Gasteiger partial charge in [0.2, 0.25) is 0 Å². The van der Waals surface area contributed by atoms with Gasteiger partial charge >= 0.3 is 5.97 Å². The van der Waals surface area contributed by atoms with E-state index in [0.29, 0.717) is 17.4 Å². The summed E-state index contributed by atoms with van der Waals surface area (Å²) in [7, 11) is 1.71. The van der Waals surface area contributed by atoms with Gasteiger partial charge in [0.25, 0.3) is 10.1 Å². The molecule has 0 unspecified atom stereocenters. The lowest BCUT2D eigenvalue weighted by atomic mass is 10.3. The summed E-state index contributed by atoms with van der Waals surface area (Å²) in [5, 5.41) is 8.23. The highest BCUT2D eigenvalue weighted by atomic mass is 32.2. The van der Waals surface area contributed by atoms with Crippen LogP contribution in [0.3, 0.4) is 0 Å². The molecular formula is C14H26N2O5S+2. The SMILES string of the molecule is C[N+](C)(C)CC(=O)O.Cc1cc[n+](CCCS(=O)(=O)O)cc1. The Balaban J connectivity index is 0.000000472. The van der Waals surface area contributed by atoms with Gasteiger partial charge in [0.05, 0.1) is 26.9 Å². The summed E-state index contributed by atoms with van der Waals surface area (Å²) in [5.41, 5.74) is 1.16. The molecule has 0 aliphatic rings. The van der Waals surface area contributed by atoms with Gasteiger partial charge in [0.15, 0.2) is 18.9 Å². The van der Waals surface area contributed by atoms with E-state index in [-0.39, 0.29) is 12.3 Å². The molecule has 0 amide bonds. The third-order valence-corrected chi connectivity index (χ3v) is 3.29. The number of carbonyl (C=O) groups is 1. The molecule has 0 bridgehead atoms. The van der Waals surface area contributed by atoms with Gasteiger partial charge in [-0.2, -0.15) is 8.42 Å². The van der Waals surface area contributed by atoms with Crippen molar-refractivity contribution in [3.05, 3.63) is 30.1 Å². The van der Waals surface area contributed by atoms with Crippen LogP contribution in [0.5, 0.6) is 0 Å². The van der Waals surface area contributed by atoms with Crippen LogP contribution in [0.4, 0.5) is 0 Å². The highest BCUT2D eigenvalue weighted by Crippen LogP contribution is 1.92. The number of likely N-dealkylation sites (N-methyl/N-ethyl adjacent to an activating group) is 1. The predicted octanol–water partition coefficient (Wildman–Crippen LogP) is 0.338. The number of nitrogens with zero attached hydrogens (tertiary/aromatic N) is 2. The zero-order chi connectivity index (χ0) is 17.4. The second-order valence-electron chi connectivity index (χ2n) is 6.10. The summed E-state index contributed by atoms with van der Waals surface area (Å²) in [5.74, 6) is -0.939. The molecule has 126 valence electrons. The molecule has 0 spiro atoms. The van der Waals surface area contributed by atoms with Gasteiger partial charge < -0.3 is 9.59 Å². The van der Waals surface area contributed by atoms with Gasteiger partial charge in [-0.25, -0.2) is 9.36 Å². The first kappa shape index (κ1) is 20.5. The number of hydrogen-bond donors (Lipinski definition) is 2. The van der Waals surface area contributed by atoms with Crippen molar-refractivity contribution in [2.24, 2.45) is 0 Å². The van der Waals surface area contributed by atoms with Crippen LogP contribution in [-0.2, 0) is 21.5 Å². The monoisotopic (exact) mass is 334 g/mol. The first-order valence-electron chi connectivity index (χ1n) is 6.82. The number of hydrogen-bond acceptors (Lipinski definition) is 3. The normalized spacial score (nSPS) is 11.5. The number of aromatic nitrogens is 1. The van der Waals surface area contributed by atoms with E-state index in [1.165, 1.54) is 0 Å². The van der Waals surface area contributed by atoms with E-state index in [9.17, 15) is 13.2 Å². The molecular weight excluding hydrogens is 308 g/mol. The van der Waals surface area contributed by atoms with Gasteiger partial charge in [-0.15, -0.1) is 0 Å². The quantitative estimate of drug-likeness (QED) is 0.444. The van der Waals surface area contributed by atoms with E-state index in [4.69, 9.17) is 9.66 Å². The van der Waals surface area contributed by atoms with Crippen LogP contribution in [0.1, 0.15) is 12.0 Å². The molecule has 0 atom stereocenters. The average Bonchev–Trinajstić information content (AvgIpc) is 2.27. The van der Waals surface area contributed by atoms with Crippen molar-refractivity contribution >= 4 is 16.1 Å². The van der Waals surface area contributed by atoms with E-state index in [0.717, 1.165) is 5.56 Å². The number of aryl methyl sites for hydroxylation is 2. The van der Waals surface area contributed by atoms with Gasteiger partial charge in [0, 0.05) is 18.6 Å². The maximum absolute atomic E-state index is 10.4. The Morgan fingerprint density at radius 3 is 2.05 bits per heavy atom. The van der Waals surface area contributed by atoms with Gasteiger partial charge in [0.1, 0.15) is 6.54 Å². The summed E-state index contributed by atoms with van der Waals surface area (Å²) >= 11 is 0. The summed E-state index contributed by atoms with van der Waals surface area (Å²) in [6, 6.07) is 3.90. The molecule has 1 rings (SSSR count). The highest BCUT2D eigenvalue weighted by molar-refractivity contribution is 7.85. The molecule has 0 radical (unpaired) electrons. The number of pyridine rings is 1. The van der Waals surface area contributed by atoms with Crippen LogP contribution in [0, 0.1) is 6.92 Å². The number of carboxylic acid groups (broad SMARTS) is 1. The van der Waals surface area contributed by atoms with Crippen LogP contribution < -0.4 is 4.57 Å². The molecule has 1 aromatic rings. The molecule has 22 heavy (non-hydrogen) atoms. The van der Waals surface area contributed by atoms with Gasteiger partial charge in [-0.05, 0) is 12.5 Å². The third-order valence-electron chi connectivity index (χ3n) is 2.49. The van der Waals surface area contributed by atoms with E-state index in [2.05, 4.69) is 0 Å². The minimum absolute atomic E-state index is 0.181. The Kier molecular flexibility index (Phi) is 8.21. The van der Waals surface area contributed by atoms with Crippen LogP contribution in [-0.4, -0.2) is 62.0 Å². The molecule has 0 saturated heterocycles. The van der Waals surface area contributed by atoms with Gasteiger partial charge in [-0.3, -0.25) is 4.55 Å². The Morgan fingerprint density at radius 2 is 1.73 bits per heavy atom. The largest absolute Gasteiger partial charge is 0.477 e. The van der Waals surface area contributed by atoms with Crippen LogP contribution >= 0.6 is 0 Å². The fourth-order valence-corrected chi connectivity index (χ4v) is 2.01. The molecule has 0 aliphatic heterocycles. The Labute approximate surface area is 132 Å². The van der Waals surface area contributed by atoms with Crippen molar-refractivity contribution in [2.45, 2.75) is 19.9 Å². The van der Waals surface area contributed by atoms with E-state index in [1.807, 2.05) is 57.2 Å². The van der Waals surface area contributed by atoms with E-state index < -0.39 is 16.1 Å². The van der Waals surface area contributed by atoms with Gasteiger partial charge in [-0.1, -0.05) is 0 Å². The summed E-state index contributed by atoms with van der Waals surface area (Å²) in [6.45, 7) is 2.77. The number of aliphatic carboxylic acids is 1. The van der Waals surface area contributed by atoms with Crippen LogP contribution in [0.25, 0.3) is 0 Å². The van der Waals surface area contributed by atoms with E-state index in [1.54, 1.807) is 0 Å². The second kappa shape index (κ2) is 8.82. The average molecular weight is 334 g/mol. The highest BCUT2D eigenvalue weighted by Gasteiger charge is 2.11. The standard InChI is InChI=1S/C9H13NO3S.C5H11NO2/c1-9-3-6-10(7-4-9)5-2-8-14(11,12)13;1-6(2,3)4-5(7)8/h3-4,6-7H,2,5,8H2,1H3;4H2,1-3H3/p+2. The van der Waals surface area contributed by atoms with Crippen molar-refractivity contribution in [1.82, 2.24) is 0 Å². The minimum atomic E-state index is -3.82. The lowest BCUT2D eigenvalue weighted by molar-refractivity contribution is -0.862. The molecule has 1 aromatic heterocycles. The maximum atomic E-state index is 10.4. The lowest BCUT2D eigenvalue weighted by Crippen LogP contribution is -2.39. The van der Waals surface area contributed by atoms with Crippen molar-refractivity contribution < 1.29 is 31.9 Å². The number of quaternary nitrogens is 1. The molecule has 2 N–H and O–H groups in total. The molecule has 0 saturated carbocycles. The molecule has 0 fully saturated rings. The van der Waals surface area contributed by atoms with Crippen molar-refractivity contribution in [2.75, 3.05) is 33.4 Å². The maximum Gasteiger partial charge on any atom is 0.359 e. The molecule has 0 aliphatic carbocycles. The molecule has 7 nitrogen and oxygen atoms in total. The first-order chi connectivity index (χ1) is 9.89. The van der Waals surface area contributed by atoms with Crippen molar-refractivity contribution in [1.29, 1.82) is 0 Å². The number of rotatable bonds is 6. The van der Waals surface area contributed by atoms with Crippen LogP contribution in [0.15, 0.2) is 24.5 Å². The Morgan fingerprint density at radius 1 is 1.23 bits per heavy atom. The van der Waals surface area contributed by atoms with E-state index >= 15 is 0 Å². The summed E-state index contributed by atoms with van der Waals surface area (Å²) in [4.78, 5) is 10.00. The smallest absolute Gasteiger partial charge is 0.359 e. The molecule has 0 aromatic carbocycles. The number of carboxylic acids is 1. The zero-order valence-electron chi connectivity index (χ0n) is 13.6. The fraction of sp³-hybridized carbons (Fsp3) is 0.571. The topological polar surface area (TPSA) is 95.5 Å². The predicted molar refractivity (Wildman–Crippen MR) is 82.9 cm³/mol. The lowest BCUT2D eigenvalue weighted by Gasteiger charge is -2.20. The third kappa shape index (κ3) is 13.5. The van der Waals surface area contributed by atoms with Crippen molar-refractivity contribution in [3.63, 3.8) is 0 Å². The molecule has 1 heterocycles. The first-order valence-corrected chi connectivity index (χ1v) is 8.43. The molecule has 8 heteroatoms. The second-order valence-corrected chi connectivity index (χ2v) is 7.67. The summed E-state index contributed by atoms with van der Waals surface area (Å²) in [6.07, 6.45) is 4.20.